The van der Waals surface area contributed by atoms with Crippen molar-refractivity contribution in [2.24, 2.45) is 10.3 Å². The van der Waals surface area contributed by atoms with E-state index in [4.69, 9.17) is 15.4 Å². The smallest absolute Gasteiger partial charge is 0.342 e. The van der Waals surface area contributed by atoms with Gasteiger partial charge in [-0.25, -0.2) is 0 Å². The number of hydrogen-bond acceptors (Lipinski definition) is 3. The van der Waals surface area contributed by atoms with E-state index in [1.165, 1.54) is 0 Å². The molecule has 2 heterocycles. The van der Waals surface area contributed by atoms with Crippen LogP contribution in [-0.4, -0.2) is 20.4 Å². The Bertz CT molecular complexity index is 387. The van der Waals surface area contributed by atoms with Crippen molar-refractivity contribution in [2.45, 2.75) is 25.4 Å². The average molecular weight is 236 g/mol. The van der Waals surface area contributed by atoms with E-state index < -0.39 is 9.24 Å². The summed E-state index contributed by atoms with van der Waals surface area (Å²) in [5.74, 6) is 0.215. The van der Waals surface area contributed by atoms with E-state index in [-0.39, 0.29) is 17.9 Å². The monoisotopic (exact) mass is 235 g/mol. The summed E-state index contributed by atoms with van der Waals surface area (Å²) in [6.07, 6.45) is 6.67. The lowest BCUT2D eigenvalue weighted by Gasteiger charge is -2.20. The zero-order valence-corrected chi connectivity index (χ0v) is 8.96. The third-order valence-electron chi connectivity index (χ3n) is 2.35. The van der Waals surface area contributed by atoms with Gasteiger partial charge >= 0.3 is 9.24 Å². The maximum Gasteiger partial charge on any atom is 0.342 e. The average Bonchev–Trinajstić information content (AvgIpc) is 2.34. The van der Waals surface area contributed by atoms with E-state index in [2.05, 4.69) is 4.40 Å². The molecule has 6 heteroatoms. The Morgan fingerprint density at radius 3 is 2.93 bits per heavy atom. The van der Waals surface area contributed by atoms with Crippen LogP contribution >= 0.6 is 10.7 Å². The zero-order chi connectivity index (χ0) is 10.2. The van der Waals surface area contributed by atoms with Crippen molar-refractivity contribution in [1.29, 1.82) is 0 Å². The molecule has 1 aliphatic carbocycles. The molecular weight excluding hydrogens is 226 g/mol. The normalized spacial score (nSPS) is 34.2. The van der Waals surface area contributed by atoms with Crippen molar-refractivity contribution in [3.05, 3.63) is 12.2 Å². The highest BCUT2D eigenvalue weighted by atomic mass is 35.7. The first-order chi connectivity index (χ1) is 6.54. The fraction of sp³-hybridized carbons (Fsp3) is 0.625. The molecule has 78 valence electrons. The molecule has 0 aromatic heterocycles. The number of hydrogen-bond donors (Lipinski definition) is 0. The van der Waals surface area contributed by atoms with Crippen molar-refractivity contribution in [3.8, 4) is 0 Å². The van der Waals surface area contributed by atoms with Gasteiger partial charge in [-0.15, -0.1) is 4.40 Å². The number of ether oxygens (including phenoxy) is 1. The van der Waals surface area contributed by atoms with Gasteiger partial charge in [0.25, 0.3) is 0 Å². The minimum absolute atomic E-state index is 0.0257. The first-order valence-corrected chi connectivity index (χ1v) is 6.71. The minimum Gasteiger partial charge on any atom is -0.472 e. The second-order valence-electron chi connectivity index (χ2n) is 3.42. The van der Waals surface area contributed by atoms with Gasteiger partial charge in [0.05, 0.1) is 5.92 Å². The Morgan fingerprint density at radius 2 is 2.21 bits per heavy atom. The topological polar surface area (TPSA) is 55.7 Å². The van der Waals surface area contributed by atoms with Crippen LogP contribution in [0.5, 0.6) is 0 Å². The molecule has 3 aliphatic rings. The van der Waals surface area contributed by atoms with E-state index in [0.717, 1.165) is 19.3 Å². The first kappa shape index (κ1) is 9.98. The van der Waals surface area contributed by atoms with Crippen molar-refractivity contribution < 1.29 is 13.2 Å². The first-order valence-electron chi connectivity index (χ1n) is 4.44. The lowest BCUT2D eigenvalue weighted by atomic mass is 10.0. The van der Waals surface area contributed by atoms with E-state index in [9.17, 15) is 8.42 Å². The molecule has 4 nitrogen and oxygen atoms in total. The summed E-state index contributed by atoms with van der Waals surface area (Å²) in [6, 6.07) is 0. The molecule has 0 amide bonds. The quantitative estimate of drug-likeness (QED) is 0.513. The molecule has 0 N–H and O–H groups in total. The summed E-state index contributed by atoms with van der Waals surface area (Å²) in [5, 5.41) is 0. The van der Waals surface area contributed by atoms with Crippen LogP contribution in [0.1, 0.15) is 19.3 Å². The molecule has 2 atom stereocenters. The highest BCUT2D eigenvalue weighted by Gasteiger charge is 2.28. The van der Waals surface area contributed by atoms with Crippen LogP contribution < -0.4 is 0 Å². The molecule has 2 unspecified atom stereocenters. The maximum absolute atomic E-state index is 10.8. The van der Waals surface area contributed by atoms with Gasteiger partial charge in [-0.05, 0) is 25.3 Å². The van der Waals surface area contributed by atoms with Crippen LogP contribution in [-0.2, 0) is 14.0 Å². The number of halogens is 1. The van der Waals surface area contributed by atoms with E-state index in [0.29, 0.717) is 0 Å². The molecule has 0 radical (unpaired) electrons. The van der Waals surface area contributed by atoms with Gasteiger partial charge in [-0.3, -0.25) is 0 Å². The summed E-state index contributed by atoms with van der Waals surface area (Å²) in [5.41, 5.74) is 0. The van der Waals surface area contributed by atoms with Crippen LogP contribution in [0.3, 0.4) is 0 Å². The van der Waals surface area contributed by atoms with Crippen LogP contribution in [0.4, 0.5) is 0 Å². The number of nitrogens with zero attached hydrogens (tertiary/aromatic N) is 1. The number of fused-ring (bicyclic) bond motifs is 3. The summed E-state index contributed by atoms with van der Waals surface area (Å²) in [6.45, 7) is 0. The van der Waals surface area contributed by atoms with Crippen LogP contribution in [0.15, 0.2) is 16.5 Å². The standard InChI is InChI=1S/C8H10ClNO3S/c9-14(11,12)10-8-6-2-1-3-7(13-8)5-4-6/h4-7H,1-3H2. The van der Waals surface area contributed by atoms with Gasteiger partial charge in [0.2, 0.25) is 5.90 Å². The Balaban J connectivity index is 2.31. The highest BCUT2D eigenvalue weighted by molar-refractivity contribution is 8.12. The van der Waals surface area contributed by atoms with Gasteiger partial charge in [0, 0.05) is 10.7 Å². The molecule has 2 aliphatic heterocycles. The maximum atomic E-state index is 10.8. The molecule has 0 spiro atoms. The zero-order valence-electron chi connectivity index (χ0n) is 7.39. The van der Waals surface area contributed by atoms with Crippen molar-refractivity contribution in [3.63, 3.8) is 0 Å². The molecule has 0 aromatic rings. The molecule has 1 fully saturated rings. The number of rotatable bonds is 1. The van der Waals surface area contributed by atoms with Gasteiger partial charge in [-0.2, -0.15) is 8.42 Å². The largest absolute Gasteiger partial charge is 0.472 e. The van der Waals surface area contributed by atoms with Gasteiger partial charge in [-0.1, -0.05) is 6.08 Å². The summed E-state index contributed by atoms with van der Waals surface area (Å²) >= 11 is 0. The van der Waals surface area contributed by atoms with E-state index >= 15 is 0 Å². The molecule has 14 heavy (non-hydrogen) atoms. The lowest BCUT2D eigenvalue weighted by Crippen LogP contribution is -2.24. The fourth-order valence-corrected chi connectivity index (χ4v) is 2.33. The SMILES string of the molecule is O=S(=O)(Cl)N=C1OC2C=CC1CCC2. The Labute approximate surface area is 87.2 Å². The molecule has 1 saturated heterocycles. The summed E-state index contributed by atoms with van der Waals surface area (Å²) < 4.78 is 30.3. The lowest BCUT2D eigenvalue weighted by molar-refractivity contribution is 0.220. The van der Waals surface area contributed by atoms with E-state index in [1.807, 2.05) is 12.2 Å². The molecule has 0 saturated carbocycles. The minimum atomic E-state index is -3.86. The summed E-state index contributed by atoms with van der Waals surface area (Å²) in [7, 11) is 1.18. The summed E-state index contributed by atoms with van der Waals surface area (Å²) in [4.78, 5) is 0. The predicted molar refractivity (Wildman–Crippen MR) is 53.6 cm³/mol. The Hall–Kier alpha value is -0.550. The van der Waals surface area contributed by atoms with E-state index in [1.54, 1.807) is 0 Å². The molecule has 0 aromatic carbocycles. The molecule has 3 rings (SSSR count). The van der Waals surface area contributed by atoms with Gasteiger partial charge in [0.15, 0.2) is 0 Å². The third kappa shape index (κ3) is 2.27. The van der Waals surface area contributed by atoms with Crippen LogP contribution in [0.2, 0.25) is 0 Å². The van der Waals surface area contributed by atoms with Crippen molar-refractivity contribution in [2.75, 3.05) is 0 Å². The molecular formula is C8H10ClNO3S. The third-order valence-corrected chi connectivity index (χ3v) is 2.96. The van der Waals surface area contributed by atoms with Crippen molar-refractivity contribution >= 4 is 25.8 Å². The van der Waals surface area contributed by atoms with Crippen molar-refractivity contribution in [1.82, 2.24) is 0 Å². The second-order valence-corrected chi connectivity index (χ2v) is 5.60. The Kier molecular flexibility index (Phi) is 2.53. The predicted octanol–water partition coefficient (Wildman–Crippen LogP) is 1.62. The Morgan fingerprint density at radius 1 is 1.43 bits per heavy atom. The second kappa shape index (κ2) is 3.55. The van der Waals surface area contributed by atoms with Crippen LogP contribution in [0.25, 0.3) is 0 Å². The van der Waals surface area contributed by atoms with Crippen LogP contribution in [0, 0.1) is 5.92 Å². The van der Waals surface area contributed by atoms with Gasteiger partial charge < -0.3 is 4.74 Å². The molecule has 2 bridgehead atoms. The van der Waals surface area contributed by atoms with Gasteiger partial charge in [0.1, 0.15) is 6.10 Å². The fourth-order valence-electron chi connectivity index (χ4n) is 1.73. The highest BCUT2D eigenvalue weighted by Crippen LogP contribution is 2.28.